The van der Waals surface area contributed by atoms with Crippen LogP contribution in [0.1, 0.15) is 45.5 Å². The number of hydrogen-bond acceptors (Lipinski definition) is 4. The van der Waals surface area contributed by atoms with Gasteiger partial charge in [0.2, 0.25) is 0 Å². The van der Waals surface area contributed by atoms with Crippen molar-refractivity contribution in [1.29, 1.82) is 0 Å². The topological polar surface area (TPSA) is 41.1 Å². The Labute approximate surface area is 117 Å². The Morgan fingerprint density at radius 3 is 2.32 bits per heavy atom. The minimum absolute atomic E-state index is 0.452. The average molecular weight is 264 g/mol. The molecule has 1 unspecified atom stereocenters. The van der Waals surface area contributed by atoms with Crippen LogP contribution >= 0.6 is 0 Å². The van der Waals surface area contributed by atoms with E-state index in [1.54, 1.807) is 0 Å². The van der Waals surface area contributed by atoms with Gasteiger partial charge in [-0.2, -0.15) is 0 Å². The zero-order valence-electron chi connectivity index (χ0n) is 13.4. The van der Waals surface area contributed by atoms with Gasteiger partial charge in [0, 0.05) is 32.1 Å². The van der Waals surface area contributed by atoms with Crippen LogP contribution in [0.3, 0.4) is 0 Å². The lowest BCUT2D eigenvalue weighted by Gasteiger charge is -2.30. The van der Waals surface area contributed by atoms with Crippen molar-refractivity contribution in [3.8, 4) is 0 Å². The predicted molar refractivity (Wildman–Crippen MR) is 83.0 cm³/mol. The Morgan fingerprint density at radius 2 is 1.84 bits per heavy atom. The maximum Gasteiger partial charge on any atom is 0.137 e. The zero-order valence-corrected chi connectivity index (χ0v) is 13.4. The van der Waals surface area contributed by atoms with Crippen LogP contribution in [0.2, 0.25) is 0 Å². The number of nitrogens with one attached hydrogen (secondary N) is 1. The molecule has 0 aromatic carbocycles. The maximum absolute atomic E-state index is 4.75. The van der Waals surface area contributed by atoms with Gasteiger partial charge in [-0.15, -0.1) is 0 Å². The maximum atomic E-state index is 4.75. The number of hydrogen-bond donors (Lipinski definition) is 1. The van der Waals surface area contributed by atoms with Crippen LogP contribution < -0.4 is 10.2 Å². The van der Waals surface area contributed by atoms with Crippen molar-refractivity contribution in [3.63, 3.8) is 0 Å². The molecule has 0 aliphatic heterocycles. The number of nitrogens with zero attached hydrogens (tertiary/aromatic N) is 3. The van der Waals surface area contributed by atoms with Gasteiger partial charge in [-0.3, -0.25) is 0 Å². The van der Waals surface area contributed by atoms with E-state index < -0.39 is 0 Å². The van der Waals surface area contributed by atoms with Gasteiger partial charge in [-0.1, -0.05) is 20.8 Å². The Kier molecular flexibility index (Phi) is 5.58. The molecule has 1 heterocycles. The summed E-state index contributed by atoms with van der Waals surface area (Å²) in [6.07, 6.45) is 1.99. The molecule has 0 radical (unpaired) electrons. The molecule has 0 amide bonds. The minimum Gasteiger partial charge on any atom is -0.373 e. The van der Waals surface area contributed by atoms with Crippen molar-refractivity contribution in [2.24, 2.45) is 5.92 Å². The molecule has 0 bridgehead atoms. The third-order valence-electron chi connectivity index (χ3n) is 3.79. The van der Waals surface area contributed by atoms with Gasteiger partial charge in [0.15, 0.2) is 0 Å². The lowest BCUT2D eigenvalue weighted by atomic mass is 10.0. The van der Waals surface area contributed by atoms with Crippen molar-refractivity contribution in [3.05, 3.63) is 11.4 Å². The summed E-state index contributed by atoms with van der Waals surface area (Å²) >= 11 is 0. The number of aromatic nitrogens is 2. The molecule has 1 aromatic heterocycles. The highest BCUT2D eigenvalue weighted by Crippen LogP contribution is 2.25. The predicted octanol–water partition coefficient (Wildman–Crippen LogP) is 3.26. The van der Waals surface area contributed by atoms with E-state index >= 15 is 0 Å². The minimum atomic E-state index is 0.452. The smallest absolute Gasteiger partial charge is 0.137 e. The van der Waals surface area contributed by atoms with Crippen LogP contribution in [-0.4, -0.2) is 30.1 Å². The molecule has 4 heteroatoms. The molecule has 0 spiro atoms. The largest absolute Gasteiger partial charge is 0.373 e. The molecule has 0 aliphatic carbocycles. The molecule has 0 aliphatic rings. The van der Waals surface area contributed by atoms with Crippen molar-refractivity contribution in [2.75, 3.05) is 24.3 Å². The molecular formula is C15H28N4. The first kappa shape index (κ1) is 15.7. The third-order valence-corrected chi connectivity index (χ3v) is 3.79. The SMILES string of the molecule is CCCc1nc(NC)c(C)c(N(C)C(C)C(C)C)n1. The van der Waals surface area contributed by atoms with Gasteiger partial charge in [0.1, 0.15) is 17.5 Å². The van der Waals surface area contributed by atoms with Crippen LogP contribution in [0.5, 0.6) is 0 Å². The molecule has 4 nitrogen and oxygen atoms in total. The molecule has 1 atom stereocenters. The molecule has 0 saturated carbocycles. The number of aryl methyl sites for hydroxylation is 1. The van der Waals surface area contributed by atoms with Gasteiger partial charge < -0.3 is 10.2 Å². The van der Waals surface area contributed by atoms with Gasteiger partial charge >= 0.3 is 0 Å². The first-order chi connectivity index (χ1) is 8.92. The van der Waals surface area contributed by atoms with Crippen LogP contribution in [-0.2, 0) is 6.42 Å². The van der Waals surface area contributed by atoms with E-state index in [0.29, 0.717) is 12.0 Å². The van der Waals surface area contributed by atoms with Gasteiger partial charge in [-0.05, 0) is 26.2 Å². The number of rotatable bonds is 6. The summed E-state index contributed by atoms with van der Waals surface area (Å²) in [5.74, 6) is 3.50. The van der Waals surface area contributed by atoms with Crippen molar-refractivity contribution < 1.29 is 0 Å². The Morgan fingerprint density at radius 1 is 1.21 bits per heavy atom. The van der Waals surface area contributed by atoms with Crippen molar-refractivity contribution in [2.45, 2.75) is 53.5 Å². The van der Waals surface area contributed by atoms with Crippen LogP contribution in [0.4, 0.5) is 11.6 Å². The van der Waals surface area contributed by atoms with Crippen LogP contribution in [0, 0.1) is 12.8 Å². The molecule has 1 aromatic rings. The Hall–Kier alpha value is -1.32. The Balaban J connectivity index is 3.20. The van der Waals surface area contributed by atoms with E-state index in [1.807, 2.05) is 7.05 Å². The summed E-state index contributed by atoms with van der Waals surface area (Å²) in [6, 6.07) is 0.452. The van der Waals surface area contributed by atoms with E-state index in [1.165, 1.54) is 0 Å². The molecule has 19 heavy (non-hydrogen) atoms. The lowest BCUT2D eigenvalue weighted by Crippen LogP contribution is -2.34. The Bertz CT molecular complexity index is 415. The lowest BCUT2D eigenvalue weighted by molar-refractivity contribution is 0.501. The van der Waals surface area contributed by atoms with E-state index in [0.717, 1.165) is 35.9 Å². The first-order valence-corrected chi connectivity index (χ1v) is 7.20. The number of anilines is 2. The quantitative estimate of drug-likeness (QED) is 0.856. The molecule has 108 valence electrons. The normalized spacial score (nSPS) is 12.6. The van der Waals surface area contributed by atoms with Gasteiger partial charge in [0.25, 0.3) is 0 Å². The fraction of sp³-hybridized carbons (Fsp3) is 0.733. The van der Waals surface area contributed by atoms with E-state index in [2.05, 4.69) is 56.9 Å². The second-order valence-corrected chi connectivity index (χ2v) is 5.53. The standard InChI is InChI=1S/C15H28N4/c1-8-9-13-17-14(16-6)11(4)15(18-13)19(7)12(5)10(2)3/h10,12H,8-9H2,1-7H3,(H,16,17,18). The van der Waals surface area contributed by atoms with Crippen LogP contribution in [0.15, 0.2) is 0 Å². The second-order valence-electron chi connectivity index (χ2n) is 5.53. The molecule has 1 N–H and O–H groups in total. The van der Waals surface area contributed by atoms with Gasteiger partial charge in [-0.25, -0.2) is 9.97 Å². The van der Waals surface area contributed by atoms with E-state index in [9.17, 15) is 0 Å². The molecule has 0 fully saturated rings. The highest BCUT2D eigenvalue weighted by molar-refractivity contribution is 5.58. The third kappa shape index (κ3) is 3.58. The monoisotopic (exact) mass is 264 g/mol. The highest BCUT2D eigenvalue weighted by atomic mass is 15.2. The molecular weight excluding hydrogens is 236 g/mol. The van der Waals surface area contributed by atoms with Crippen LogP contribution in [0.25, 0.3) is 0 Å². The molecule has 1 rings (SSSR count). The zero-order chi connectivity index (χ0) is 14.6. The summed E-state index contributed by atoms with van der Waals surface area (Å²) in [4.78, 5) is 11.6. The van der Waals surface area contributed by atoms with Gasteiger partial charge in [0.05, 0.1) is 0 Å². The summed E-state index contributed by atoms with van der Waals surface area (Å²) in [5, 5.41) is 3.18. The van der Waals surface area contributed by atoms with E-state index in [4.69, 9.17) is 4.98 Å². The summed E-state index contributed by atoms with van der Waals surface area (Å²) in [7, 11) is 4.04. The van der Waals surface area contributed by atoms with E-state index in [-0.39, 0.29) is 0 Å². The molecule has 0 saturated heterocycles. The van der Waals surface area contributed by atoms with Crippen molar-refractivity contribution in [1.82, 2.24) is 9.97 Å². The fourth-order valence-corrected chi connectivity index (χ4v) is 2.11. The second kappa shape index (κ2) is 6.73. The van der Waals surface area contributed by atoms with Crippen molar-refractivity contribution >= 4 is 11.6 Å². The summed E-state index contributed by atoms with van der Waals surface area (Å²) in [6.45, 7) is 11.0. The fourth-order valence-electron chi connectivity index (χ4n) is 2.11. The first-order valence-electron chi connectivity index (χ1n) is 7.20. The average Bonchev–Trinajstić information content (AvgIpc) is 2.39. The summed E-state index contributed by atoms with van der Waals surface area (Å²) in [5.41, 5.74) is 1.12. The highest BCUT2D eigenvalue weighted by Gasteiger charge is 2.19. The summed E-state index contributed by atoms with van der Waals surface area (Å²) < 4.78 is 0.